The molecule has 0 fully saturated rings. The van der Waals surface area contributed by atoms with Gasteiger partial charge in [0.2, 0.25) is 5.25 Å². The Morgan fingerprint density at radius 3 is 1.68 bits per heavy atom. The Hall–Kier alpha value is 1.77. The van der Waals surface area contributed by atoms with Crippen LogP contribution in [0.15, 0.2) is 0 Å². The number of carbonyl (C=O) groups is 2. The van der Waals surface area contributed by atoms with Gasteiger partial charge in [-0.3, -0.25) is 14.2 Å². The van der Waals surface area contributed by atoms with Crippen LogP contribution in [0.5, 0.6) is 0 Å². The summed E-state index contributed by atoms with van der Waals surface area (Å²) < 4.78 is 37.0. The zero-order chi connectivity index (χ0) is 21.4. The van der Waals surface area contributed by atoms with Gasteiger partial charge in [0.15, 0.2) is 6.10 Å². The number of hydrogen-bond acceptors (Lipinski definition) is 7. The van der Waals surface area contributed by atoms with Crippen LogP contribution in [0.4, 0.5) is 0 Å². The van der Waals surface area contributed by atoms with Gasteiger partial charge in [-0.2, -0.15) is 13.3 Å². The van der Waals surface area contributed by atoms with E-state index in [-0.39, 0.29) is 102 Å². The molecular formula is C18H37Na3O9S. The molecule has 0 rings (SSSR count). The number of carbonyl (C=O) groups excluding carboxylic acids is 1. The van der Waals surface area contributed by atoms with Gasteiger partial charge in [-0.1, -0.05) is 64.7 Å². The van der Waals surface area contributed by atoms with Crippen molar-refractivity contribution >= 4 is 111 Å². The molecule has 2 unspecified atom stereocenters. The van der Waals surface area contributed by atoms with Gasteiger partial charge in [0.1, 0.15) is 0 Å². The van der Waals surface area contributed by atoms with Gasteiger partial charge in [-0.25, -0.2) is 4.79 Å². The Kier molecular flexibility index (Phi) is 32.1. The van der Waals surface area contributed by atoms with E-state index in [0.29, 0.717) is 6.42 Å². The first kappa shape index (κ1) is 40.0. The fourth-order valence-electron chi connectivity index (χ4n) is 2.66. The number of carboxylic acids is 1. The van der Waals surface area contributed by atoms with Crippen molar-refractivity contribution in [3.8, 4) is 0 Å². The van der Waals surface area contributed by atoms with E-state index in [0.717, 1.165) is 25.7 Å². The Balaban J connectivity index is -0.00000121. The van der Waals surface area contributed by atoms with E-state index < -0.39 is 33.4 Å². The molecule has 172 valence electrons. The van der Waals surface area contributed by atoms with Crippen molar-refractivity contribution in [2.24, 2.45) is 0 Å². The second-order valence-electron chi connectivity index (χ2n) is 6.56. The number of carboxylic acid groups (broad SMARTS) is 1. The predicted octanol–water partition coefficient (Wildman–Crippen LogP) is 1.18. The maximum absolute atomic E-state index is 11.9. The van der Waals surface area contributed by atoms with E-state index in [1.165, 1.54) is 39.0 Å². The van der Waals surface area contributed by atoms with Crippen molar-refractivity contribution in [1.29, 1.82) is 0 Å². The third-order valence-electron chi connectivity index (χ3n) is 4.13. The topological polar surface area (TPSA) is 136 Å². The first-order chi connectivity index (χ1) is 13.3. The summed E-state index contributed by atoms with van der Waals surface area (Å²) >= 11 is 0. The third-order valence-corrected chi connectivity index (χ3v) is 5.22. The van der Waals surface area contributed by atoms with Crippen LogP contribution < -0.4 is 0 Å². The summed E-state index contributed by atoms with van der Waals surface area (Å²) in [6.45, 7) is 3.64. The summed E-state index contributed by atoms with van der Waals surface area (Å²) in [5.74, 6) is -3.23. The van der Waals surface area contributed by atoms with E-state index in [1.807, 2.05) is 0 Å². The van der Waals surface area contributed by atoms with Crippen LogP contribution in [0.1, 0.15) is 78.1 Å². The molecule has 0 saturated carbocycles. The molecule has 0 aromatic carbocycles. The van der Waals surface area contributed by atoms with E-state index in [9.17, 15) is 18.0 Å². The molecule has 0 radical (unpaired) electrons. The molecule has 0 amide bonds. The van der Waals surface area contributed by atoms with Crippen molar-refractivity contribution in [2.45, 2.75) is 89.4 Å². The molecule has 0 aliphatic heterocycles. The summed E-state index contributed by atoms with van der Waals surface area (Å²) in [6.07, 6.45) is 8.69. The summed E-state index contributed by atoms with van der Waals surface area (Å²) in [7, 11) is -5.08. The number of hydrogen-bond donors (Lipinski definition) is 2. The minimum atomic E-state index is -5.08. The summed E-state index contributed by atoms with van der Waals surface area (Å²) in [5.41, 5.74) is 0. The Morgan fingerprint density at radius 2 is 1.29 bits per heavy atom. The summed E-state index contributed by atoms with van der Waals surface area (Å²) in [5, 5.41) is 6.58. The first-order valence-electron chi connectivity index (χ1n) is 9.89. The number of ether oxygens (including phenoxy) is 1. The molecule has 9 nitrogen and oxygen atoms in total. The normalized spacial score (nSPS) is 12.5. The molecule has 0 aliphatic rings. The monoisotopic (exact) mass is 498 g/mol. The van der Waals surface area contributed by atoms with Gasteiger partial charge in [0.05, 0.1) is 6.61 Å². The number of rotatable bonds is 18. The third kappa shape index (κ3) is 20.8. The molecule has 31 heavy (non-hydrogen) atoms. The van der Waals surface area contributed by atoms with E-state index >= 15 is 0 Å². The van der Waals surface area contributed by atoms with E-state index in [1.54, 1.807) is 0 Å². The molecule has 0 heterocycles. The standard InChI is InChI=1S/C18H34O9S.3Na.3H/c1-3-5-6-7-8-9-10-11-12-13-14-25-15(18(21)27-26-4-2)16(17(19)20)28(22,23)24;;;;;;/h15-16H,3-14H2,1-2H3,(H,19,20)(H,22,23,24);;;;;;. The zero-order valence-electron chi connectivity index (χ0n) is 16.8. The second-order valence-corrected chi connectivity index (χ2v) is 8.09. The molecule has 0 bridgehead atoms. The number of unbranched alkanes of at least 4 members (excludes halogenated alkanes) is 9. The van der Waals surface area contributed by atoms with Crippen LogP contribution in [0.3, 0.4) is 0 Å². The van der Waals surface area contributed by atoms with Crippen LogP contribution in [0, 0.1) is 0 Å². The molecular weight excluding hydrogens is 461 g/mol. The fourth-order valence-corrected chi connectivity index (χ4v) is 3.41. The maximum atomic E-state index is 11.9. The SMILES string of the molecule is CCCCCCCCCCCCOC(C(=O)OOCC)C(C(=O)O)S(=O)(=O)O.[NaH].[NaH].[NaH]. The van der Waals surface area contributed by atoms with E-state index in [2.05, 4.69) is 16.7 Å². The molecule has 0 spiro atoms. The Morgan fingerprint density at radius 1 is 0.839 bits per heavy atom. The molecule has 0 aromatic rings. The van der Waals surface area contributed by atoms with Gasteiger partial charge in [-0.15, -0.1) is 0 Å². The predicted molar refractivity (Wildman–Crippen MR) is 124 cm³/mol. The van der Waals surface area contributed by atoms with E-state index in [4.69, 9.17) is 14.4 Å². The van der Waals surface area contributed by atoms with Crippen LogP contribution in [0.2, 0.25) is 0 Å². The average molecular weight is 499 g/mol. The fraction of sp³-hybridized carbons (Fsp3) is 0.889. The first-order valence-corrected chi connectivity index (χ1v) is 11.4. The minimum absolute atomic E-state index is 0. The van der Waals surface area contributed by atoms with Gasteiger partial charge in [0, 0.05) is 6.61 Å². The molecule has 0 saturated heterocycles. The molecule has 0 aromatic heterocycles. The van der Waals surface area contributed by atoms with Gasteiger partial charge < -0.3 is 9.84 Å². The van der Waals surface area contributed by atoms with Gasteiger partial charge in [-0.05, 0) is 13.3 Å². The van der Waals surface area contributed by atoms with Crippen molar-refractivity contribution in [1.82, 2.24) is 0 Å². The van der Waals surface area contributed by atoms with Gasteiger partial charge in [0.25, 0.3) is 10.1 Å². The van der Waals surface area contributed by atoms with Crippen molar-refractivity contribution < 1.29 is 42.2 Å². The molecule has 13 heteroatoms. The second kappa shape index (κ2) is 24.9. The van der Waals surface area contributed by atoms with Crippen molar-refractivity contribution in [2.75, 3.05) is 13.2 Å². The van der Waals surface area contributed by atoms with Crippen LogP contribution >= 0.6 is 0 Å². The van der Waals surface area contributed by atoms with Crippen LogP contribution in [0.25, 0.3) is 0 Å². The molecule has 2 atom stereocenters. The number of aliphatic carboxylic acids is 1. The average Bonchev–Trinajstić information content (AvgIpc) is 2.61. The summed E-state index contributed by atoms with van der Waals surface area (Å²) in [4.78, 5) is 31.9. The molecule has 2 N–H and O–H groups in total. The van der Waals surface area contributed by atoms with Crippen molar-refractivity contribution in [3.63, 3.8) is 0 Å². The summed E-state index contributed by atoms with van der Waals surface area (Å²) in [6, 6.07) is 0. The van der Waals surface area contributed by atoms with Crippen LogP contribution in [-0.2, 0) is 34.2 Å². The Bertz CT molecular complexity index is 547. The van der Waals surface area contributed by atoms with Crippen molar-refractivity contribution in [3.05, 3.63) is 0 Å². The Labute approximate surface area is 252 Å². The zero-order valence-corrected chi connectivity index (χ0v) is 17.6. The quantitative estimate of drug-likeness (QED) is 0.0938. The molecule has 0 aliphatic carbocycles. The van der Waals surface area contributed by atoms with Gasteiger partial charge >= 0.3 is 101 Å². The van der Waals surface area contributed by atoms with Crippen LogP contribution in [-0.4, -0.2) is 143 Å².